The summed E-state index contributed by atoms with van der Waals surface area (Å²) in [5, 5.41) is 0. The number of anilines is 1. The Hall–Kier alpha value is -2.43. The van der Waals surface area contributed by atoms with E-state index in [-0.39, 0.29) is 17.3 Å². The van der Waals surface area contributed by atoms with Crippen molar-refractivity contribution < 1.29 is 8.42 Å². The molecule has 3 N–H and O–H groups in total. The van der Waals surface area contributed by atoms with Gasteiger partial charge in [-0.25, -0.2) is 13.4 Å². The Labute approximate surface area is 117 Å². The van der Waals surface area contributed by atoms with Gasteiger partial charge >= 0.3 is 0 Å². The molecule has 0 aliphatic carbocycles. The molecule has 0 spiro atoms. The van der Waals surface area contributed by atoms with Crippen molar-refractivity contribution in [3.05, 3.63) is 48.4 Å². The second kappa shape index (κ2) is 6.14. The zero-order valence-corrected chi connectivity index (χ0v) is 11.3. The highest BCUT2D eigenvalue weighted by Crippen LogP contribution is 2.13. The van der Waals surface area contributed by atoms with Crippen LogP contribution < -0.4 is 10.5 Å². The van der Waals surface area contributed by atoms with E-state index < -0.39 is 10.0 Å². The number of nitrogens with two attached hydrogens (primary N) is 1. The molecule has 2 aromatic rings. The molecular formula is C13H12N4O2S. The fraction of sp³-hybridized carbons (Fsp3) is 0.0769. The van der Waals surface area contributed by atoms with Gasteiger partial charge in [0.1, 0.15) is 10.7 Å². The van der Waals surface area contributed by atoms with Crippen LogP contribution in [0.2, 0.25) is 0 Å². The molecule has 0 aromatic carbocycles. The van der Waals surface area contributed by atoms with Crippen molar-refractivity contribution in [1.82, 2.24) is 9.97 Å². The predicted octanol–water partition coefficient (Wildman–Crippen LogP) is 0.588. The van der Waals surface area contributed by atoms with E-state index in [4.69, 9.17) is 5.73 Å². The van der Waals surface area contributed by atoms with Crippen molar-refractivity contribution in [2.45, 2.75) is 4.90 Å². The molecule has 0 bridgehead atoms. The highest BCUT2D eigenvalue weighted by atomic mass is 32.2. The second-order valence-electron chi connectivity index (χ2n) is 3.73. The van der Waals surface area contributed by atoms with Gasteiger partial charge in [-0.2, -0.15) is 0 Å². The Morgan fingerprint density at radius 2 is 2.15 bits per heavy atom. The van der Waals surface area contributed by atoms with Crippen LogP contribution in [0.25, 0.3) is 0 Å². The van der Waals surface area contributed by atoms with Gasteiger partial charge in [-0.15, -0.1) is 0 Å². The summed E-state index contributed by atoms with van der Waals surface area (Å²) in [4.78, 5) is 7.79. The molecule has 0 radical (unpaired) electrons. The van der Waals surface area contributed by atoms with Crippen molar-refractivity contribution in [3.63, 3.8) is 0 Å². The van der Waals surface area contributed by atoms with Crippen molar-refractivity contribution in [2.75, 3.05) is 11.3 Å². The first-order valence-corrected chi connectivity index (χ1v) is 7.18. The van der Waals surface area contributed by atoms with Crippen molar-refractivity contribution in [3.8, 4) is 11.8 Å². The van der Waals surface area contributed by atoms with E-state index in [0.29, 0.717) is 5.56 Å². The number of nitrogens with one attached hydrogen (secondary N) is 1. The zero-order chi connectivity index (χ0) is 14.4. The molecule has 7 heteroatoms. The molecular weight excluding hydrogens is 276 g/mol. The fourth-order valence-electron chi connectivity index (χ4n) is 1.42. The summed E-state index contributed by atoms with van der Waals surface area (Å²) < 4.78 is 26.5. The van der Waals surface area contributed by atoms with Gasteiger partial charge < -0.3 is 5.73 Å². The van der Waals surface area contributed by atoms with Gasteiger partial charge in [-0.3, -0.25) is 9.71 Å². The highest BCUT2D eigenvalue weighted by Gasteiger charge is 2.14. The molecule has 2 rings (SSSR count). The van der Waals surface area contributed by atoms with Gasteiger partial charge in [-0.05, 0) is 24.3 Å². The number of pyridine rings is 2. The molecule has 0 atom stereocenters. The lowest BCUT2D eigenvalue weighted by atomic mass is 10.2. The topological polar surface area (TPSA) is 98.0 Å². The smallest absolute Gasteiger partial charge is 0.264 e. The van der Waals surface area contributed by atoms with Crippen molar-refractivity contribution in [1.29, 1.82) is 0 Å². The van der Waals surface area contributed by atoms with E-state index in [1.165, 1.54) is 30.7 Å². The Balaban J connectivity index is 2.26. The van der Waals surface area contributed by atoms with Gasteiger partial charge in [0.2, 0.25) is 0 Å². The molecule has 2 heterocycles. The number of hydrogen-bond donors (Lipinski definition) is 2. The second-order valence-corrected chi connectivity index (χ2v) is 5.41. The minimum absolute atomic E-state index is 0.0697. The van der Waals surface area contributed by atoms with Gasteiger partial charge in [0.15, 0.2) is 0 Å². The van der Waals surface area contributed by atoms with Crippen LogP contribution in [0.4, 0.5) is 5.82 Å². The molecule has 0 amide bonds. The quantitative estimate of drug-likeness (QED) is 0.805. The first kappa shape index (κ1) is 14.0. The van der Waals surface area contributed by atoms with Gasteiger partial charge in [0.05, 0.1) is 6.54 Å². The summed E-state index contributed by atoms with van der Waals surface area (Å²) in [6.45, 7) is 0.235. The molecule has 0 fully saturated rings. The van der Waals surface area contributed by atoms with Crippen LogP contribution in [0.15, 0.2) is 47.8 Å². The number of rotatable bonds is 3. The van der Waals surface area contributed by atoms with Crippen LogP contribution >= 0.6 is 0 Å². The molecule has 2 aromatic heterocycles. The number of sulfonamides is 1. The molecule has 0 saturated heterocycles. The largest absolute Gasteiger partial charge is 0.320 e. The summed E-state index contributed by atoms with van der Waals surface area (Å²) in [6.07, 6.45) is 4.24. The highest BCUT2D eigenvalue weighted by molar-refractivity contribution is 7.92. The molecule has 20 heavy (non-hydrogen) atoms. The summed E-state index contributed by atoms with van der Waals surface area (Å²) in [7, 11) is -3.70. The third-order valence-electron chi connectivity index (χ3n) is 2.28. The Morgan fingerprint density at radius 1 is 1.30 bits per heavy atom. The minimum atomic E-state index is -3.70. The Bertz CT molecular complexity index is 749. The lowest BCUT2D eigenvalue weighted by Crippen LogP contribution is -2.14. The van der Waals surface area contributed by atoms with Crippen LogP contribution in [-0.2, 0) is 10.0 Å². The van der Waals surface area contributed by atoms with Crippen LogP contribution in [0.1, 0.15) is 5.56 Å². The number of nitrogens with zero attached hydrogens (tertiary/aromatic N) is 2. The maximum absolute atomic E-state index is 12.1. The third kappa shape index (κ3) is 3.54. The first-order chi connectivity index (χ1) is 9.62. The molecule has 102 valence electrons. The maximum Gasteiger partial charge on any atom is 0.264 e. The van der Waals surface area contributed by atoms with Crippen LogP contribution in [0, 0.1) is 11.8 Å². The average Bonchev–Trinajstić information content (AvgIpc) is 2.46. The number of hydrogen-bond acceptors (Lipinski definition) is 5. The van der Waals surface area contributed by atoms with Gasteiger partial charge in [0.25, 0.3) is 10.0 Å². The first-order valence-electron chi connectivity index (χ1n) is 5.69. The molecule has 0 unspecified atom stereocenters. The molecule has 0 aliphatic rings. The van der Waals surface area contributed by atoms with Crippen LogP contribution in [0.5, 0.6) is 0 Å². The predicted molar refractivity (Wildman–Crippen MR) is 75.2 cm³/mol. The SMILES string of the molecule is NCC#Cc1ccnc(NS(=O)(=O)c2cccnc2)c1. The Kier molecular flexibility index (Phi) is 4.30. The fourth-order valence-corrected chi connectivity index (χ4v) is 2.38. The number of aromatic nitrogens is 2. The summed E-state index contributed by atoms with van der Waals surface area (Å²) in [5.41, 5.74) is 5.92. The molecule has 0 aliphatic heterocycles. The minimum Gasteiger partial charge on any atom is -0.320 e. The molecule has 6 nitrogen and oxygen atoms in total. The summed E-state index contributed by atoms with van der Waals surface area (Å²) >= 11 is 0. The van der Waals surface area contributed by atoms with E-state index in [1.807, 2.05) is 0 Å². The lowest BCUT2D eigenvalue weighted by Gasteiger charge is -2.06. The monoisotopic (exact) mass is 288 g/mol. The normalized spacial score (nSPS) is 10.4. The molecule has 0 saturated carbocycles. The third-order valence-corrected chi connectivity index (χ3v) is 3.62. The van der Waals surface area contributed by atoms with Crippen LogP contribution in [0.3, 0.4) is 0 Å². The van der Waals surface area contributed by atoms with Crippen molar-refractivity contribution in [2.24, 2.45) is 5.73 Å². The van der Waals surface area contributed by atoms with Crippen LogP contribution in [-0.4, -0.2) is 24.9 Å². The van der Waals surface area contributed by atoms with Gasteiger partial charge in [0, 0.05) is 24.2 Å². The summed E-state index contributed by atoms with van der Waals surface area (Å²) in [5.74, 6) is 5.69. The van der Waals surface area contributed by atoms with E-state index in [1.54, 1.807) is 12.1 Å². The van der Waals surface area contributed by atoms with E-state index >= 15 is 0 Å². The van der Waals surface area contributed by atoms with Crippen molar-refractivity contribution >= 4 is 15.8 Å². The standard InChI is InChI=1S/C13H12N4O2S/c14-6-1-3-11-5-8-16-13(9-11)17-20(18,19)12-4-2-7-15-10-12/h2,4-5,7-10H,6,14H2,(H,16,17). The Morgan fingerprint density at radius 3 is 2.85 bits per heavy atom. The lowest BCUT2D eigenvalue weighted by molar-refractivity contribution is 0.600. The van der Waals surface area contributed by atoms with E-state index in [9.17, 15) is 8.42 Å². The summed E-state index contributed by atoms with van der Waals surface area (Å²) in [6, 6.07) is 6.21. The van der Waals surface area contributed by atoms with Gasteiger partial charge in [-0.1, -0.05) is 11.8 Å². The maximum atomic E-state index is 12.1. The van der Waals surface area contributed by atoms with E-state index in [2.05, 4.69) is 26.5 Å². The van der Waals surface area contributed by atoms with E-state index in [0.717, 1.165) is 0 Å². The average molecular weight is 288 g/mol. The zero-order valence-electron chi connectivity index (χ0n) is 10.4.